The number of aromatic amines is 1. The molecule has 3 rings (SSSR count). The molecule has 0 aliphatic carbocycles. The molecule has 6 nitrogen and oxygen atoms in total. The molecule has 2 N–H and O–H groups in total. The summed E-state index contributed by atoms with van der Waals surface area (Å²) < 4.78 is 0. The molecule has 2 aromatic rings. The number of H-pyrrole nitrogens is 1. The van der Waals surface area contributed by atoms with Gasteiger partial charge in [-0.25, -0.2) is 9.78 Å². The minimum atomic E-state index is -0.984. The van der Waals surface area contributed by atoms with Gasteiger partial charge in [-0.1, -0.05) is 20.8 Å². The molecule has 1 amide bonds. The molecule has 0 aromatic carbocycles. The SMILES string of the molecule is Cc1cnc2[nH]cc3c2c1CN([C@@H](C(=O)O)C(C)(C)C)C3=O. The van der Waals surface area contributed by atoms with Crippen molar-refractivity contribution in [3.63, 3.8) is 0 Å². The van der Waals surface area contributed by atoms with Gasteiger partial charge in [-0.15, -0.1) is 0 Å². The van der Waals surface area contributed by atoms with Crippen molar-refractivity contribution in [2.24, 2.45) is 5.41 Å². The number of pyridine rings is 1. The standard InChI is InChI=1S/C16H19N3O3/c1-8-5-17-13-11-9(6-18-13)14(20)19(7-10(8)11)12(15(21)22)16(2,3)4/h5-6,12H,7H2,1-4H3,(H,17,18)(H,21,22)/t12-/m0/s1. The largest absolute Gasteiger partial charge is 0.480 e. The number of nitrogens with one attached hydrogen (secondary N) is 1. The molecule has 0 saturated carbocycles. The topological polar surface area (TPSA) is 86.3 Å². The van der Waals surface area contributed by atoms with Crippen LogP contribution < -0.4 is 0 Å². The van der Waals surface area contributed by atoms with Crippen molar-refractivity contribution in [2.45, 2.75) is 40.3 Å². The van der Waals surface area contributed by atoms with E-state index < -0.39 is 17.4 Å². The maximum absolute atomic E-state index is 12.8. The van der Waals surface area contributed by atoms with E-state index in [1.165, 1.54) is 4.90 Å². The Labute approximate surface area is 128 Å². The van der Waals surface area contributed by atoms with Crippen LogP contribution in [0.3, 0.4) is 0 Å². The highest BCUT2D eigenvalue weighted by Gasteiger charge is 2.42. The number of carbonyl (C=O) groups excluding carboxylic acids is 1. The molecule has 0 saturated heterocycles. The molecule has 0 spiro atoms. The molecular weight excluding hydrogens is 282 g/mol. The van der Waals surface area contributed by atoms with Crippen LogP contribution in [0.4, 0.5) is 0 Å². The normalized spacial score (nSPS) is 16.2. The number of carbonyl (C=O) groups is 2. The van der Waals surface area contributed by atoms with Crippen molar-refractivity contribution in [2.75, 3.05) is 0 Å². The summed E-state index contributed by atoms with van der Waals surface area (Å²) in [4.78, 5) is 33.3. The molecule has 0 fully saturated rings. The Morgan fingerprint density at radius 2 is 2.14 bits per heavy atom. The molecule has 0 unspecified atom stereocenters. The van der Waals surface area contributed by atoms with Gasteiger partial charge >= 0.3 is 5.97 Å². The number of aliphatic carboxylic acids is 1. The molecule has 6 heteroatoms. The third kappa shape index (κ3) is 1.98. The van der Waals surface area contributed by atoms with Gasteiger partial charge in [0.2, 0.25) is 0 Å². The van der Waals surface area contributed by atoms with Gasteiger partial charge in [0.25, 0.3) is 5.91 Å². The number of rotatable bonds is 2. The van der Waals surface area contributed by atoms with Gasteiger partial charge in [0.15, 0.2) is 0 Å². The highest BCUT2D eigenvalue weighted by atomic mass is 16.4. The summed E-state index contributed by atoms with van der Waals surface area (Å²) >= 11 is 0. The predicted molar refractivity (Wildman–Crippen MR) is 81.6 cm³/mol. The maximum Gasteiger partial charge on any atom is 0.326 e. The average molecular weight is 301 g/mol. The fourth-order valence-corrected chi connectivity index (χ4v) is 3.21. The van der Waals surface area contributed by atoms with Crippen LogP contribution in [0, 0.1) is 12.3 Å². The second-order valence-corrected chi connectivity index (χ2v) is 6.89. The smallest absolute Gasteiger partial charge is 0.326 e. The summed E-state index contributed by atoms with van der Waals surface area (Å²) in [6.45, 7) is 7.73. The maximum atomic E-state index is 12.8. The first kappa shape index (κ1) is 14.6. The van der Waals surface area contributed by atoms with Gasteiger partial charge in [-0.2, -0.15) is 0 Å². The van der Waals surface area contributed by atoms with E-state index in [1.807, 2.05) is 27.7 Å². The van der Waals surface area contributed by atoms with E-state index in [2.05, 4.69) is 9.97 Å². The van der Waals surface area contributed by atoms with Crippen LogP contribution in [-0.2, 0) is 11.3 Å². The van der Waals surface area contributed by atoms with E-state index in [0.29, 0.717) is 17.8 Å². The summed E-state index contributed by atoms with van der Waals surface area (Å²) in [5.41, 5.74) is 2.55. The van der Waals surface area contributed by atoms with Crippen LogP contribution in [0.15, 0.2) is 12.4 Å². The quantitative estimate of drug-likeness (QED) is 0.891. The van der Waals surface area contributed by atoms with Gasteiger partial charge in [0.1, 0.15) is 11.7 Å². The van der Waals surface area contributed by atoms with Gasteiger partial charge in [0.05, 0.1) is 5.56 Å². The lowest BCUT2D eigenvalue weighted by atomic mass is 9.84. The monoisotopic (exact) mass is 301 g/mol. The molecule has 3 heterocycles. The van der Waals surface area contributed by atoms with Crippen LogP contribution in [0.1, 0.15) is 42.3 Å². The molecule has 2 aromatic heterocycles. The minimum Gasteiger partial charge on any atom is -0.480 e. The van der Waals surface area contributed by atoms with Crippen LogP contribution in [-0.4, -0.2) is 37.9 Å². The van der Waals surface area contributed by atoms with Gasteiger partial charge < -0.3 is 15.0 Å². The zero-order chi connectivity index (χ0) is 16.2. The lowest BCUT2D eigenvalue weighted by molar-refractivity contribution is -0.146. The molecule has 1 aliphatic heterocycles. The summed E-state index contributed by atoms with van der Waals surface area (Å²) in [6, 6.07) is -0.884. The van der Waals surface area contributed by atoms with E-state index in [9.17, 15) is 14.7 Å². The van der Waals surface area contributed by atoms with Crippen molar-refractivity contribution in [1.82, 2.24) is 14.9 Å². The summed E-state index contributed by atoms with van der Waals surface area (Å²) in [7, 11) is 0. The van der Waals surface area contributed by atoms with E-state index in [1.54, 1.807) is 12.4 Å². The second kappa shape index (κ2) is 4.56. The molecule has 0 bridgehead atoms. The van der Waals surface area contributed by atoms with Crippen molar-refractivity contribution in [1.29, 1.82) is 0 Å². The molecular formula is C16H19N3O3. The van der Waals surface area contributed by atoms with Crippen LogP contribution in [0.25, 0.3) is 11.0 Å². The number of carboxylic acid groups (broad SMARTS) is 1. The van der Waals surface area contributed by atoms with Crippen LogP contribution in [0.5, 0.6) is 0 Å². The Kier molecular flexibility index (Phi) is 3.02. The van der Waals surface area contributed by atoms with E-state index >= 15 is 0 Å². The second-order valence-electron chi connectivity index (χ2n) is 6.89. The molecule has 1 aliphatic rings. The van der Waals surface area contributed by atoms with Gasteiger partial charge in [0, 0.05) is 24.3 Å². The van der Waals surface area contributed by atoms with Crippen molar-refractivity contribution < 1.29 is 14.7 Å². The number of amides is 1. The highest BCUT2D eigenvalue weighted by molar-refractivity contribution is 6.10. The highest BCUT2D eigenvalue weighted by Crippen LogP contribution is 2.35. The minimum absolute atomic E-state index is 0.256. The number of nitrogens with zero attached hydrogens (tertiary/aromatic N) is 2. The fourth-order valence-electron chi connectivity index (χ4n) is 3.21. The zero-order valence-corrected chi connectivity index (χ0v) is 13.1. The Balaban J connectivity index is 2.17. The van der Waals surface area contributed by atoms with Crippen LogP contribution >= 0.6 is 0 Å². The lowest BCUT2D eigenvalue weighted by Crippen LogP contribution is -2.52. The van der Waals surface area contributed by atoms with Crippen molar-refractivity contribution >= 4 is 22.9 Å². The number of hydrogen-bond donors (Lipinski definition) is 2. The van der Waals surface area contributed by atoms with Crippen LogP contribution in [0.2, 0.25) is 0 Å². The Bertz CT molecular complexity index is 786. The first-order chi connectivity index (χ1) is 10.2. The molecule has 0 radical (unpaired) electrons. The van der Waals surface area contributed by atoms with E-state index in [0.717, 1.165) is 16.5 Å². The van der Waals surface area contributed by atoms with E-state index in [4.69, 9.17) is 0 Å². The fraction of sp³-hybridized carbons (Fsp3) is 0.438. The van der Waals surface area contributed by atoms with Crippen molar-refractivity contribution in [3.8, 4) is 0 Å². The van der Waals surface area contributed by atoms with Gasteiger partial charge in [-0.3, -0.25) is 4.79 Å². The summed E-state index contributed by atoms with van der Waals surface area (Å²) in [5.74, 6) is -1.24. The number of hydrogen-bond acceptors (Lipinski definition) is 3. The number of carboxylic acids is 1. The number of aromatic nitrogens is 2. The third-order valence-electron chi connectivity index (χ3n) is 4.21. The van der Waals surface area contributed by atoms with Gasteiger partial charge in [-0.05, 0) is 23.5 Å². The predicted octanol–water partition coefficient (Wildman–Crippen LogP) is 2.33. The average Bonchev–Trinajstić information content (AvgIpc) is 2.81. The number of aryl methyl sites for hydroxylation is 1. The molecule has 116 valence electrons. The lowest BCUT2D eigenvalue weighted by Gasteiger charge is -2.39. The Morgan fingerprint density at radius 1 is 1.45 bits per heavy atom. The molecule has 1 atom stereocenters. The third-order valence-corrected chi connectivity index (χ3v) is 4.21. The first-order valence-corrected chi connectivity index (χ1v) is 7.21. The Morgan fingerprint density at radius 3 is 2.73 bits per heavy atom. The zero-order valence-electron chi connectivity index (χ0n) is 13.1. The summed E-state index contributed by atoms with van der Waals surface area (Å²) in [5, 5.41) is 10.4. The van der Waals surface area contributed by atoms with E-state index in [-0.39, 0.29) is 5.91 Å². The van der Waals surface area contributed by atoms with Crippen molar-refractivity contribution in [3.05, 3.63) is 29.1 Å². The Hall–Kier alpha value is -2.37. The first-order valence-electron chi connectivity index (χ1n) is 7.21. The summed E-state index contributed by atoms with van der Waals surface area (Å²) in [6.07, 6.45) is 3.37. The molecule has 22 heavy (non-hydrogen) atoms.